The number of aryl methyl sites for hydroxylation is 2. The molecule has 9 heteroatoms. The molecule has 0 saturated carbocycles. The summed E-state index contributed by atoms with van der Waals surface area (Å²) in [5, 5.41) is 3.47. The molecule has 0 spiro atoms. The number of nitrogens with zero attached hydrogens (tertiary/aromatic N) is 2. The molecule has 0 saturated heterocycles. The molecule has 0 aromatic heterocycles. The second-order valence-electron chi connectivity index (χ2n) is 10.3. The summed E-state index contributed by atoms with van der Waals surface area (Å²) in [4.78, 5) is 28.9. The van der Waals surface area contributed by atoms with Crippen LogP contribution >= 0.6 is 11.6 Å². The molecule has 2 amide bonds. The molecule has 3 rings (SSSR count). The van der Waals surface area contributed by atoms with Crippen LogP contribution in [0.3, 0.4) is 0 Å². The average Bonchev–Trinajstić information content (AvgIpc) is 2.94. The van der Waals surface area contributed by atoms with Gasteiger partial charge in [0.1, 0.15) is 6.04 Å². The molecule has 41 heavy (non-hydrogen) atoms. The van der Waals surface area contributed by atoms with Gasteiger partial charge in [0.2, 0.25) is 21.8 Å². The van der Waals surface area contributed by atoms with Crippen molar-refractivity contribution < 1.29 is 18.0 Å². The van der Waals surface area contributed by atoms with E-state index in [9.17, 15) is 18.0 Å². The monoisotopic (exact) mass is 597 g/mol. The summed E-state index contributed by atoms with van der Waals surface area (Å²) in [6.45, 7) is 6.55. The van der Waals surface area contributed by atoms with E-state index in [4.69, 9.17) is 11.6 Å². The molecule has 0 aliphatic carbocycles. The Morgan fingerprint density at radius 2 is 1.66 bits per heavy atom. The highest BCUT2D eigenvalue weighted by Crippen LogP contribution is 2.25. The molecule has 0 bridgehead atoms. The van der Waals surface area contributed by atoms with E-state index in [0.29, 0.717) is 23.7 Å². The van der Waals surface area contributed by atoms with Crippen LogP contribution < -0.4 is 9.62 Å². The molecule has 0 aliphatic heterocycles. The van der Waals surface area contributed by atoms with Gasteiger partial charge >= 0.3 is 0 Å². The lowest BCUT2D eigenvalue weighted by Crippen LogP contribution is -2.50. The highest BCUT2D eigenvalue weighted by atomic mass is 35.5. The lowest BCUT2D eigenvalue weighted by atomic mass is 10.0. The third-order valence-electron chi connectivity index (χ3n) is 6.90. The first-order chi connectivity index (χ1) is 19.5. The number of sulfonamides is 1. The highest BCUT2D eigenvalue weighted by Gasteiger charge is 2.31. The van der Waals surface area contributed by atoms with Gasteiger partial charge in [0.15, 0.2) is 0 Å². The molecule has 3 aromatic rings. The number of hydrogen-bond acceptors (Lipinski definition) is 4. The molecule has 3 aromatic carbocycles. The zero-order chi connectivity index (χ0) is 30.0. The molecule has 7 nitrogen and oxygen atoms in total. The van der Waals surface area contributed by atoms with Gasteiger partial charge in [0.05, 0.1) is 11.9 Å². The maximum Gasteiger partial charge on any atom is 0.243 e. The van der Waals surface area contributed by atoms with Gasteiger partial charge < -0.3 is 10.2 Å². The number of halogens is 1. The number of carbonyl (C=O) groups excluding carboxylic acids is 2. The van der Waals surface area contributed by atoms with E-state index >= 15 is 0 Å². The van der Waals surface area contributed by atoms with E-state index in [1.165, 1.54) is 10.6 Å². The van der Waals surface area contributed by atoms with E-state index < -0.39 is 16.1 Å². The second kappa shape index (κ2) is 15.0. The summed E-state index contributed by atoms with van der Waals surface area (Å²) < 4.78 is 26.9. The van der Waals surface area contributed by atoms with Crippen molar-refractivity contribution in [2.24, 2.45) is 0 Å². The van der Waals surface area contributed by atoms with Crippen LogP contribution in [0.5, 0.6) is 0 Å². The number of rotatable bonds is 14. The molecule has 0 heterocycles. The summed E-state index contributed by atoms with van der Waals surface area (Å²) in [6, 6.07) is 21.8. The first-order valence-corrected chi connectivity index (χ1v) is 16.1. The van der Waals surface area contributed by atoms with Gasteiger partial charge in [-0.25, -0.2) is 8.42 Å². The van der Waals surface area contributed by atoms with E-state index in [1.807, 2.05) is 87.5 Å². The first kappa shape index (κ1) is 32.2. The quantitative estimate of drug-likeness (QED) is 0.259. The fourth-order valence-corrected chi connectivity index (χ4v) is 5.91. The normalized spacial score (nSPS) is 12.0. The minimum atomic E-state index is -3.58. The minimum absolute atomic E-state index is 0.0632. The van der Waals surface area contributed by atoms with Crippen molar-refractivity contribution in [1.29, 1.82) is 0 Å². The smallest absolute Gasteiger partial charge is 0.243 e. The number of benzene rings is 3. The van der Waals surface area contributed by atoms with Crippen LogP contribution in [-0.2, 0) is 32.6 Å². The Hall–Kier alpha value is -3.36. The maximum absolute atomic E-state index is 13.9. The first-order valence-electron chi connectivity index (χ1n) is 13.9. The number of carbonyl (C=O) groups is 2. The fourth-order valence-electron chi connectivity index (χ4n) is 4.70. The highest BCUT2D eigenvalue weighted by molar-refractivity contribution is 7.92. The zero-order valence-electron chi connectivity index (χ0n) is 24.3. The van der Waals surface area contributed by atoms with Gasteiger partial charge in [-0.05, 0) is 61.1 Å². The Kier molecular flexibility index (Phi) is 11.8. The van der Waals surface area contributed by atoms with Gasteiger partial charge in [0.25, 0.3) is 0 Å². The van der Waals surface area contributed by atoms with Crippen molar-refractivity contribution >= 4 is 39.1 Å². The standard InChI is InChI=1S/C32H40ClN3O4S/c1-5-19-34-32(38)30(22-26-12-7-6-8-13-26)35(23-27-14-9-10-15-28(27)33)31(37)16-11-20-36(41(4,39)40)29-21-24(2)17-18-25(29)3/h6-10,12-15,17-18,21,30H,5,11,16,19-20,22-23H2,1-4H3,(H,34,38). The maximum atomic E-state index is 13.9. The topological polar surface area (TPSA) is 86.8 Å². The van der Waals surface area contributed by atoms with E-state index in [-0.39, 0.29) is 37.7 Å². The zero-order valence-corrected chi connectivity index (χ0v) is 25.8. The number of anilines is 1. The Morgan fingerprint density at radius 3 is 2.32 bits per heavy atom. The van der Waals surface area contributed by atoms with Crippen LogP contribution in [0.2, 0.25) is 5.02 Å². The molecular weight excluding hydrogens is 558 g/mol. The Labute approximate surface area is 249 Å². The lowest BCUT2D eigenvalue weighted by molar-refractivity contribution is -0.141. The van der Waals surface area contributed by atoms with Crippen molar-refractivity contribution in [3.05, 3.63) is 100 Å². The van der Waals surface area contributed by atoms with Crippen LogP contribution in [0.15, 0.2) is 72.8 Å². The van der Waals surface area contributed by atoms with Gasteiger partial charge in [-0.2, -0.15) is 0 Å². The van der Waals surface area contributed by atoms with Crippen molar-refractivity contribution in [1.82, 2.24) is 10.2 Å². The molecule has 1 atom stereocenters. The van der Waals surface area contributed by atoms with Gasteiger partial charge in [-0.3, -0.25) is 13.9 Å². The average molecular weight is 598 g/mol. The molecular formula is C32H40ClN3O4S. The summed E-state index contributed by atoms with van der Waals surface area (Å²) >= 11 is 6.48. The molecule has 0 fully saturated rings. The minimum Gasteiger partial charge on any atom is -0.354 e. The van der Waals surface area contributed by atoms with E-state index in [2.05, 4.69) is 5.32 Å². The molecule has 0 radical (unpaired) electrons. The number of nitrogens with one attached hydrogen (secondary N) is 1. The third kappa shape index (κ3) is 9.33. The third-order valence-corrected chi connectivity index (χ3v) is 8.45. The molecule has 0 aliphatic rings. The van der Waals surface area contributed by atoms with E-state index in [0.717, 1.165) is 28.7 Å². The lowest BCUT2D eigenvalue weighted by Gasteiger charge is -2.32. The molecule has 1 unspecified atom stereocenters. The van der Waals surface area contributed by atoms with Crippen LogP contribution in [0.4, 0.5) is 5.69 Å². The van der Waals surface area contributed by atoms with Crippen molar-refractivity contribution in [2.75, 3.05) is 23.7 Å². The SMILES string of the molecule is CCCNC(=O)C(Cc1ccccc1)N(Cc1ccccc1Cl)C(=O)CCCN(c1cc(C)ccc1C)S(C)(=O)=O. The summed E-state index contributed by atoms with van der Waals surface area (Å²) in [6.07, 6.45) is 2.63. The Balaban J connectivity index is 1.90. The van der Waals surface area contributed by atoms with Crippen molar-refractivity contribution in [3.8, 4) is 0 Å². The van der Waals surface area contributed by atoms with Crippen LogP contribution in [0.1, 0.15) is 48.4 Å². The van der Waals surface area contributed by atoms with Gasteiger partial charge in [-0.1, -0.05) is 79.2 Å². The second-order valence-corrected chi connectivity index (χ2v) is 12.7. The summed E-state index contributed by atoms with van der Waals surface area (Å²) in [5.41, 5.74) is 4.05. The summed E-state index contributed by atoms with van der Waals surface area (Å²) in [5.74, 6) is -0.476. The van der Waals surface area contributed by atoms with E-state index in [1.54, 1.807) is 11.0 Å². The van der Waals surface area contributed by atoms with Crippen LogP contribution in [-0.4, -0.2) is 50.5 Å². The Bertz CT molecular complexity index is 1430. The molecule has 1 N–H and O–H groups in total. The Morgan fingerprint density at radius 1 is 0.976 bits per heavy atom. The predicted molar refractivity (Wildman–Crippen MR) is 167 cm³/mol. The number of amides is 2. The van der Waals surface area contributed by atoms with Gasteiger partial charge in [-0.15, -0.1) is 0 Å². The molecule has 220 valence electrons. The number of hydrogen-bond donors (Lipinski definition) is 1. The van der Waals surface area contributed by atoms with Crippen LogP contribution in [0, 0.1) is 13.8 Å². The van der Waals surface area contributed by atoms with Crippen molar-refractivity contribution in [3.63, 3.8) is 0 Å². The fraction of sp³-hybridized carbons (Fsp3) is 0.375. The largest absolute Gasteiger partial charge is 0.354 e. The summed E-state index contributed by atoms with van der Waals surface area (Å²) in [7, 11) is -3.58. The van der Waals surface area contributed by atoms with Crippen molar-refractivity contribution in [2.45, 2.75) is 59.0 Å². The predicted octanol–water partition coefficient (Wildman–Crippen LogP) is 5.67. The van der Waals surface area contributed by atoms with Crippen LogP contribution in [0.25, 0.3) is 0 Å². The van der Waals surface area contributed by atoms with Gasteiger partial charge in [0, 0.05) is 37.5 Å².